The number of ketones is 1. The zero-order chi connectivity index (χ0) is 19.4. The summed E-state index contributed by atoms with van der Waals surface area (Å²) < 4.78 is 11.1. The van der Waals surface area contributed by atoms with Gasteiger partial charge in [-0.1, -0.05) is 0 Å². The van der Waals surface area contributed by atoms with Gasteiger partial charge in [-0.15, -0.1) is 0 Å². The molecule has 1 aromatic carbocycles. The number of nitrogens with one attached hydrogen (secondary N) is 2. The van der Waals surface area contributed by atoms with Crippen molar-refractivity contribution in [3.63, 3.8) is 0 Å². The topological polar surface area (TPSA) is 103 Å². The van der Waals surface area contributed by atoms with Gasteiger partial charge in [0.05, 0.1) is 24.2 Å². The van der Waals surface area contributed by atoms with Gasteiger partial charge in [-0.05, 0) is 39.9 Å². The second kappa shape index (κ2) is 8.13. The van der Waals surface area contributed by atoms with Crippen LogP contribution >= 0.6 is 12.2 Å². The molecule has 0 amide bonds. The van der Waals surface area contributed by atoms with Crippen LogP contribution in [0, 0.1) is 10.1 Å². The van der Waals surface area contributed by atoms with Crippen molar-refractivity contribution < 1.29 is 19.2 Å². The quantitative estimate of drug-likeness (QED) is 0.423. The number of hydrogen-bond acceptors (Lipinski definition) is 6. The standard InChI is InChI=1S/C17H21N3O5S/c1-5-24-13-8-14(25-6-2)12(20(22)23)7-11(13)16-15(10(4)21)9(3)18-17(26)19-16/h7-8,16H,5-6H2,1-4H3,(H2,18,19,26). The van der Waals surface area contributed by atoms with Gasteiger partial charge in [0.15, 0.2) is 10.9 Å². The van der Waals surface area contributed by atoms with E-state index >= 15 is 0 Å². The lowest BCUT2D eigenvalue weighted by molar-refractivity contribution is -0.385. The zero-order valence-electron chi connectivity index (χ0n) is 15.0. The molecular weight excluding hydrogens is 358 g/mol. The molecule has 26 heavy (non-hydrogen) atoms. The van der Waals surface area contributed by atoms with Crippen LogP contribution in [-0.4, -0.2) is 29.0 Å². The molecule has 8 nitrogen and oxygen atoms in total. The third kappa shape index (κ3) is 3.93. The fraction of sp³-hybridized carbons (Fsp3) is 0.412. The zero-order valence-corrected chi connectivity index (χ0v) is 15.9. The van der Waals surface area contributed by atoms with Crippen LogP contribution in [0.4, 0.5) is 5.69 Å². The summed E-state index contributed by atoms with van der Waals surface area (Å²) in [4.78, 5) is 23.1. The molecule has 0 saturated heterocycles. The minimum atomic E-state index is -0.655. The Labute approximate surface area is 156 Å². The van der Waals surface area contributed by atoms with Crippen molar-refractivity contribution in [2.24, 2.45) is 0 Å². The van der Waals surface area contributed by atoms with Crippen molar-refractivity contribution in [2.45, 2.75) is 33.7 Å². The first kappa shape index (κ1) is 19.6. The SMILES string of the molecule is CCOc1cc(OCC)c([N+](=O)[O-])cc1C1NC(=S)NC(C)=C1C(C)=O. The minimum absolute atomic E-state index is 0.117. The predicted octanol–water partition coefficient (Wildman–Crippen LogP) is 2.77. The van der Waals surface area contributed by atoms with Crippen LogP contribution < -0.4 is 20.1 Å². The summed E-state index contributed by atoms with van der Waals surface area (Å²) in [6.07, 6.45) is 0. The normalized spacial score (nSPS) is 16.6. The van der Waals surface area contributed by atoms with Gasteiger partial charge in [-0.2, -0.15) is 0 Å². The molecule has 0 aromatic heterocycles. The minimum Gasteiger partial charge on any atom is -0.493 e. The van der Waals surface area contributed by atoms with E-state index in [4.69, 9.17) is 21.7 Å². The highest BCUT2D eigenvalue weighted by Gasteiger charge is 2.32. The van der Waals surface area contributed by atoms with Crippen molar-refractivity contribution in [2.75, 3.05) is 13.2 Å². The van der Waals surface area contributed by atoms with Gasteiger partial charge in [0.2, 0.25) is 5.75 Å². The third-order valence-corrected chi connectivity index (χ3v) is 4.07. The van der Waals surface area contributed by atoms with Gasteiger partial charge in [-0.25, -0.2) is 0 Å². The van der Waals surface area contributed by atoms with Crippen LogP contribution in [0.15, 0.2) is 23.4 Å². The molecule has 1 aliphatic heterocycles. The van der Waals surface area contributed by atoms with Crippen molar-refractivity contribution in [3.8, 4) is 11.5 Å². The summed E-state index contributed by atoms with van der Waals surface area (Å²) in [7, 11) is 0. The summed E-state index contributed by atoms with van der Waals surface area (Å²) in [5, 5.41) is 17.7. The Morgan fingerprint density at radius 2 is 1.88 bits per heavy atom. The van der Waals surface area contributed by atoms with Crippen molar-refractivity contribution >= 4 is 28.8 Å². The number of carbonyl (C=O) groups is 1. The van der Waals surface area contributed by atoms with Gasteiger partial charge in [0.25, 0.3) is 0 Å². The van der Waals surface area contributed by atoms with Gasteiger partial charge in [0.1, 0.15) is 5.75 Å². The van der Waals surface area contributed by atoms with Gasteiger partial charge in [-0.3, -0.25) is 14.9 Å². The van der Waals surface area contributed by atoms with Gasteiger partial charge >= 0.3 is 5.69 Å². The molecule has 2 rings (SSSR count). The Kier molecular flexibility index (Phi) is 6.14. The smallest absolute Gasteiger partial charge is 0.311 e. The van der Waals surface area contributed by atoms with E-state index in [2.05, 4.69) is 10.6 Å². The summed E-state index contributed by atoms with van der Waals surface area (Å²) in [6, 6.07) is 2.20. The van der Waals surface area contributed by atoms with Crippen molar-refractivity contribution in [3.05, 3.63) is 39.1 Å². The Bertz CT molecular complexity index is 791. The first-order valence-corrected chi connectivity index (χ1v) is 8.58. The Hall–Kier alpha value is -2.68. The predicted molar refractivity (Wildman–Crippen MR) is 100 cm³/mol. The molecular formula is C17H21N3O5S. The lowest BCUT2D eigenvalue weighted by Gasteiger charge is -2.30. The molecule has 0 bridgehead atoms. The van der Waals surface area contributed by atoms with Crippen LogP contribution in [-0.2, 0) is 4.79 Å². The summed E-state index contributed by atoms with van der Waals surface area (Å²) in [5.74, 6) is 0.343. The van der Waals surface area contributed by atoms with Crippen LogP contribution in [0.1, 0.15) is 39.3 Å². The molecule has 1 unspecified atom stereocenters. The molecule has 9 heteroatoms. The molecule has 0 fully saturated rings. The van der Waals surface area contributed by atoms with Gasteiger partial charge in [0, 0.05) is 29.0 Å². The second-order valence-corrected chi connectivity index (χ2v) is 6.02. The number of allylic oxidation sites excluding steroid dienone is 1. The Morgan fingerprint density at radius 3 is 2.42 bits per heavy atom. The third-order valence-electron chi connectivity index (χ3n) is 3.85. The monoisotopic (exact) mass is 379 g/mol. The van der Waals surface area contributed by atoms with E-state index in [1.165, 1.54) is 19.1 Å². The number of nitro groups is 1. The molecule has 1 aromatic rings. The largest absolute Gasteiger partial charge is 0.493 e. The Morgan fingerprint density at radius 1 is 1.27 bits per heavy atom. The molecule has 0 radical (unpaired) electrons. The summed E-state index contributed by atoms with van der Waals surface area (Å²) >= 11 is 5.19. The van der Waals surface area contributed by atoms with Crippen LogP contribution in [0.5, 0.6) is 11.5 Å². The molecule has 1 heterocycles. The second-order valence-electron chi connectivity index (χ2n) is 5.61. The molecule has 1 aliphatic rings. The van der Waals surface area contributed by atoms with E-state index in [0.29, 0.717) is 34.3 Å². The van der Waals surface area contributed by atoms with Crippen LogP contribution in [0.3, 0.4) is 0 Å². The number of ether oxygens (including phenoxy) is 2. The molecule has 0 saturated carbocycles. The fourth-order valence-corrected chi connectivity index (χ4v) is 3.15. The number of nitro benzene ring substituents is 1. The molecule has 0 spiro atoms. The number of carbonyl (C=O) groups excluding carboxylic acids is 1. The maximum Gasteiger partial charge on any atom is 0.311 e. The number of nitrogens with zero attached hydrogens (tertiary/aromatic N) is 1. The van der Waals surface area contributed by atoms with E-state index < -0.39 is 11.0 Å². The number of Topliss-reactive ketones (excluding diaryl/α,β-unsaturated/α-hetero) is 1. The summed E-state index contributed by atoms with van der Waals surface area (Å²) in [6.45, 7) is 7.35. The maximum atomic E-state index is 12.2. The molecule has 140 valence electrons. The van der Waals surface area contributed by atoms with E-state index in [1.807, 2.05) is 0 Å². The van der Waals surface area contributed by atoms with E-state index in [0.717, 1.165) is 0 Å². The average Bonchev–Trinajstić information content (AvgIpc) is 2.54. The van der Waals surface area contributed by atoms with Crippen molar-refractivity contribution in [1.29, 1.82) is 0 Å². The highest BCUT2D eigenvalue weighted by molar-refractivity contribution is 7.80. The number of benzene rings is 1. The van der Waals surface area contributed by atoms with Crippen molar-refractivity contribution in [1.82, 2.24) is 10.6 Å². The van der Waals surface area contributed by atoms with Crippen LogP contribution in [0.2, 0.25) is 0 Å². The molecule has 2 N–H and O–H groups in total. The average molecular weight is 379 g/mol. The molecule has 0 aliphatic carbocycles. The highest BCUT2D eigenvalue weighted by Crippen LogP contribution is 2.40. The fourth-order valence-electron chi connectivity index (χ4n) is 2.88. The number of thiocarbonyl (C=S) groups is 1. The van der Waals surface area contributed by atoms with Crippen LogP contribution in [0.25, 0.3) is 0 Å². The van der Waals surface area contributed by atoms with Gasteiger partial charge < -0.3 is 20.1 Å². The lowest BCUT2D eigenvalue weighted by Crippen LogP contribution is -2.44. The van der Waals surface area contributed by atoms with E-state index in [1.54, 1.807) is 20.8 Å². The van der Waals surface area contributed by atoms with E-state index in [-0.39, 0.29) is 23.8 Å². The maximum absolute atomic E-state index is 12.2. The Balaban J connectivity index is 2.70. The van der Waals surface area contributed by atoms with E-state index in [9.17, 15) is 14.9 Å². The number of hydrogen-bond donors (Lipinski definition) is 2. The number of rotatable bonds is 7. The summed E-state index contributed by atoms with van der Waals surface area (Å²) in [5.41, 5.74) is 1.30. The molecule has 1 atom stereocenters. The lowest BCUT2D eigenvalue weighted by atomic mass is 9.92. The highest BCUT2D eigenvalue weighted by atomic mass is 32.1. The first-order chi connectivity index (χ1) is 12.3. The first-order valence-electron chi connectivity index (χ1n) is 8.17.